The van der Waals surface area contributed by atoms with Gasteiger partial charge in [0.25, 0.3) is 0 Å². The molecule has 60 heavy (non-hydrogen) atoms. The summed E-state index contributed by atoms with van der Waals surface area (Å²) < 4.78 is 5.90. The van der Waals surface area contributed by atoms with E-state index in [9.17, 15) is 19.8 Å². The zero-order valence-electron chi connectivity index (χ0n) is 39.3. The van der Waals surface area contributed by atoms with Crippen molar-refractivity contribution < 1.29 is 24.5 Å². The van der Waals surface area contributed by atoms with E-state index in [0.717, 1.165) is 109 Å². The highest BCUT2D eigenvalue weighted by atomic mass is 16.5. The zero-order chi connectivity index (χ0) is 43.8. The van der Waals surface area contributed by atoms with Gasteiger partial charge in [-0.3, -0.25) is 9.59 Å². The normalized spacial score (nSPS) is 13.9. The molecule has 3 N–H and O–H groups in total. The number of ether oxygens (including phenoxy) is 1. The number of aliphatic hydroxyl groups is 2. The summed E-state index contributed by atoms with van der Waals surface area (Å²) in [4.78, 5) is 26.1. The fourth-order valence-corrected chi connectivity index (χ4v) is 7.23. The molecule has 0 fully saturated rings. The monoisotopic (exact) mass is 838 g/mol. The molecule has 0 heterocycles. The number of esters is 1. The van der Waals surface area contributed by atoms with Crippen LogP contribution < -0.4 is 5.32 Å². The van der Waals surface area contributed by atoms with Crippen molar-refractivity contribution in [1.29, 1.82) is 0 Å². The van der Waals surface area contributed by atoms with E-state index in [0.29, 0.717) is 19.3 Å². The van der Waals surface area contributed by atoms with E-state index < -0.39 is 18.2 Å². The van der Waals surface area contributed by atoms with Crippen LogP contribution in [0.1, 0.15) is 233 Å². The van der Waals surface area contributed by atoms with E-state index in [1.54, 1.807) is 0 Å². The van der Waals surface area contributed by atoms with Crippen LogP contribution in [0, 0.1) is 0 Å². The Hall–Kier alpha value is -2.70. The number of hydrogen-bond donors (Lipinski definition) is 3. The third kappa shape index (κ3) is 42.0. The molecule has 0 aromatic rings. The summed E-state index contributed by atoms with van der Waals surface area (Å²) in [5.41, 5.74) is 0. The van der Waals surface area contributed by atoms with E-state index in [1.165, 1.54) is 77.0 Å². The van der Waals surface area contributed by atoms with Crippen molar-refractivity contribution in [2.45, 2.75) is 251 Å². The summed E-state index contributed by atoms with van der Waals surface area (Å²) in [6.45, 7) is 6.32. The fraction of sp³-hybridized carbons (Fsp3) is 0.741. The van der Waals surface area contributed by atoms with Crippen LogP contribution in [0.15, 0.2) is 72.9 Å². The standard InChI is InChI=1S/C54H95NO5/c1-4-7-10-13-16-19-22-25-26-27-29-32-35-38-41-44-47-54(59)60-50(45-42-39-36-33-30-28-23-20-17-14-11-8-5-2)48-53(58)55-51(49-56)52(57)46-43-40-37-34-31-24-21-18-15-12-9-6-3/h7,10,16-17,19-20,23,25-26,28-29,32,50-52,56-57H,4-6,8-9,11-15,18,21-22,24,27,30-31,33-49H2,1-3H3,(H,55,58)/b10-7+,19-16+,20-17+,26-25+,28-23+,32-29+. The van der Waals surface area contributed by atoms with Gasteiger partial charge in [-0.15, -0.1) is 0 Å². The Kier molecular flexibility index (Phi) is 45.2. The summed E-state index contributed by atoms with van der Waals surface area (Å²) in [6.07, 6.45) is 59.5. The number of nitrogens with one attached hydrogen (secondary N) is 1. The molecule has 6 nitrogen and oxygen atoms in total. The Labute approximate surface area is 371 Å². The Morgan fingerprint density at radius 3 is 1.50 bits per heavy atom. The first kappa shape index (κ1) is 57.3. The molecule has 6 heteroatoms. The number of rotatable bonds is 44. The van der Waals surface area contributed by atoms with Gasteiger partial charge in [0.15, 0.2) is 0 Å². The lowest BCUT2D eigenvalue weighted by atomic mass is 10.0. The van der Waals surface area contributed by atoms with Crippen molar-refractivity contribution in [3.63, 3.8) is 0 Å². The minimum atomic E-state index is -0.801. The maximum absolute atomic E-state index is 13.2. The molecule has 0 radical (unpaired) electrons. The largest absolute Gasteiger partial charge is 0.462 e. The van der Waals surface area contributed by atoms with Gasteiger partial charge in [-0.25, -0.2) is 0 Å². The maximum Gasteiger partial charge on any atom is 0.306 e. The fourth-order valence-electron chi connectivity index (χ4n) is 7.23. The van der Waals surface area contributed by atoms with Gasteiger partial charge in [-0.05, 0) is 89.9 Å². The van der Waals surface area contributed by atoms with Gasteiger partial charge in [0, 0.05) is 6.42 Å². The van der Waals surface area contributed by atoms with Crippen molar-refractivity contribution in [3.8, 4) is 0 Å². The Morgan fingerprint density at radius 2 is 0.950 bits per heavy atom. The summed E-state index contributed by atoms with van der Waals surface area (Å²) in [6, 6.07) is -0.717. The van der Waals surface area contributed by atoms with E-state index in [2.05, 4.69) is 99.0 Å². The van der Waals surface area contributed by atoms with Crippen LogP contribution >= 0.6 is 0 Å². The third-order valence-corrected chi connectivity index (χ3v) is 11.0. The molecule has 0 rings (SSSR count). The Morgan fingerprint density at radius 1 is 0.517 bits per heavy atom. The summed E-state index contributed by atoms with van der Waals surface area (Å²) in [7, 11) is 0. The van der Waals surface area contributed by atoms with Gasteiger partial charge in [0.1, 0.15) is 6.10 Å². The van der Waals surface area contributed by atoms with E-state index in [-0.39, 0.29) is 24.9 Å². The first-order valence-corrected chi connectivity index (χ1v) is 25.2. The lowest BCUT2D eigenvalue weighted by molar-refractivity contribution is -0.151. The predicted octanol–water partition coefficient (Wildman–Crippen LogP) is 15.0. The third-order valence-electron chi connectivity index (χ3n) is 11.0. The summed E-state index contributed by atoms with van der Waals surface area (Å²) in [5.74, 6) is -0.533. The van der Waals surface area contributed by atoms with E-state index in [1.807, 2.05) is 0 Å². The first-order valence-electron chi connectivity index (χ1n) is 25.2. The molecule has 0 aliphatic rings. The van der Waals surface area contributed by atoms with Gasteiger partial charge < -0.3 is 20.3 Å². The number of unbranched alkanes of at least 4 members (excludes halogenated alkanes) is 21. The zero-order valence-corrected chi connectivity index (χ0v) is 39.3. The second kappa shape index (κ2) is 47.4. The quantitative estimate of drug-likeness (QED) is 0.0246. The van der Waals surface area contributed by atoms with Gasteiger partial charge in [-0.1, -0.05) is 203 Å². The molecule has 1 amide bonds. The molecule has 0 aliphatic heterocycles. The average Bonchev–Trinajstić information content (AvgIpc) is 3.24. The van der Waals surface area contributed by atoms with Crippen molar-refractivity contribution in [1.82, 2.24) is 5.32 Å². The first-order chi connectivity index (χ1) is 29.5. The van der Waals surface area contributed by atoms with Crippen LogP contribution in [0.5, 0.6) is 0 Å². The lowest BCUT2D eigenvalue weighted by Gasteiger charge is -2.24. The second-order valence-corrected chi connectivity index (χ2v) is 16.9. The van der Waals surface area contributed by atoms with Crippen LogP contribution in [-0.2, 0) is 14.3 Å². The van der Waals surface area contributed by atoms with Crippen LogP contribution in [0.2, 0.25) is 0 Å². The highest BCUT2D eigenvalue weighted by Crippen LogP contribution is 2.17. The van der Waals surface area contributed by atoms with E-state index >= 15 is 0 Å². The molecule has 0 spiro atoms. The number of carbonyl (C=O) groups excluding carboxylic acids is 2. The van der Waals surface area contributed by atoms with Gasteiger partial charge >= 0.3 is 5.97 Å². The molecule has 0 aromatic carbocycles. The number of allylic oxidation sites excluding steroid dienone is 12. The van der Waals surface area contributed by atoms with Gasteiger partial charge in [0.05, 0.1) is 25.2 Å². The highest BCUT2D eigenvalue weighted by Gasteiger charge is 2.24. The van der Waals surface area contributed by atoms with Crippen molar-refractivity contribution in [2.24, 2.45) is 0 Å². The summed E-state index contributed by atoms with van der Waals surface area (Å²) in [5, 5.41) is 23.7. The maximum atomic E-state index is 13.2. The Balaban J connectivity index is 4.68. The molecule has 3 unspecified atom stereocenters. The second-order valence-electron chi connectivity index (χ2n) is 16.9. The molecule has 346 valence electrons. The van der Waals surface area contributed by atoms with E-state index in [4.69, 9.17) is 4.74 Å². The number of aliphatic hydroxyl groups excluding tert-OH is 2. The topological polar surface area (TPSA) is 95.9 Å². The highest BCUT2D eigenvalue weighted by molar-refractivity contribution is 5.77. The molecule has 0 aliphatic carbocycles. The predicted molar refractivity (Wildman–Crippen MR) is 259 cm³/mol. The number of hydrogen-bond acceptors (Lipinski definition) is 5. The minimum absolute atomic E-state index is 0.0483. The van der Waals surface area contributed by atoms with Gasteiger partial charge in [-0.2, -0.15) is 0 Å². The Bertz CT molecular complexity index is 1120. The lowest BCUT2D eigenvalue weighted by Crippen LogP contribution is -2.46. The van der Waals surface area contributed by atoms with Crippen molar-refractivity contribution in [3.05, 3.63) is 72.9 Å². The van der Waals surface area contributed by atoms with Crippen LogP contribution in [-0.4, -0.2) is 46.9 Å². The number of carbonyl (C=O) groups is 2. The van der Waals surface area contributed by atoms with Crippen molar-refractivity contribution in [2.75, 3.05) is 6.61 Å². The van der Waals surface area contributed by atoms with Crippen LogP contribution in [0.25, 0.3) is 0 Å². The molecular formula is C54H95NO5. The molecular weight excluding hydrogens is 743 g/mol. The van der Waals surface area contributed by atoms with Gasteiger partial charge in [0.2, 0.25) is 5.91 Å². The van der Waals surface area contributed by atoms with Crippen molar-refractivity contribution >= 4 is 11.9 Å². The molecule has 0 saturated heterocycles. The van der Waals surface area contributed by atoms with Crippen LogP contribution in [0.4, 0.5) is 0 Å². The summed E-state index contributed by atoms with van der Waals surface area (Å²) >= 11 is 0. The number of amides is 1. The SMILES string of the molecule is CC/C=C/C/C=C/C/C=C/C/C=C/CCCCCC(=O)OC(CCCCCC/C=C/C=C/CCCCC)CC(=O)NC(CO)C(O)CCCCCCCCCCCCCC. The minimum Gasteiger partial charge on any atom is -0.462 e. The molecule has 3 atom stereocenters. The average molecular weight is 838 g/mol. The molecule has 0 saturated carbocycles. The van der Waals surface area contributed by atoms with Crippen LogP contribution in [0.3, 0.4) is 0 Å². The molecule has 0 aromatic heterocycles. The molecule has 0 bridgehead atoms. The smallest absolute Gasteiger partial charge is 0.306 e.